The third-order valence-corrected chi connectivity index (χ3v) is 3.63. The third-order valence-electron chi connectivity index (χ3n) is 2.98. The Bertz CT molecular complexity index is 449. The summed E-state index contributed by atoms with van der Waals surface area (Å²) in [6, 6.07) is 4.03. The fourth-order valence-electron chi connectivity index (χ4n) is 1.68. The minimum absolute atomic E-state index is 0.200. The van der Waals surface area contributed by atoms with Gasteiger partial charge in [-0.25, -0.2) is 4.39 Å². The van der Waals surface area contributed by atoms with Crippen LogP contribution in [0, 0.1) is 11.7 Å². The lowest BCUT2D eigenvalue weighted by atomic mass is 10.2. The summed E-state index contributed by atoms with van der Waals surface area (Å²) < 4.78 is 18.8. The predicted octanol–water partition coefficient (Wildman–Crippen LogP) is 3.13. The smallest absolute Gasteiger partial charge is 0.252 e. The van der Waals surface area contributed by atoms with Crippen LogP contribution in [-0.4, -0.2) is 25.7 Å². The van der Waals surface area contributed by atoms with Crippen LogP contribution in [0.4, 0.5) is 4.39 Å². The molecule has 2 rings (SSSR count). The molecule has 3 nitrogen and oxygen atoms in total. The molecule has 0 bridgehead atoms. The summed E-state index contributed by atoms with van der Waals surface area (Å²) in [5.41, 5.74) is 0.445. The van der Waals surface area contributed by atoms with Gasteiger partial charge in [0.25, 0.3) is 5.91 Å². The van der Waals surface area contributed by atoms with Gasteiger partial charge in [-0.3, -0.25) is 4.79 Å². The first-order valence-electron chi connectivity index (χ1n) is 6.48. The molecular weight excluding hydrogens is 313 g/mol. The van der Waals surface area contributed by atoms with Gasteiger partial charge in [0.2, 0.25) is 0 Å². The number of nitrogens with one attached hydrogen (secondary N) is 1. The first kappa shape index (κ1) is 14.5. The van der Waals surface area contributed by atoms with E-state index in [9.17, 15) is 9.18 Å². The first-order chi connectivity index (χ1) is 9.16. The Labute approximate surface area is 120 Å². The van der Waals surface area contributed by atoms with Crippen molar-refractivity contribution in [3.05, 3.63) is 34.1 Å². The quantitative estimate of drug-likeness (QED) is 0.780. The van der Waals surface area contributed by atoms with Crippen molar-refractivity contribution in [3.63, 3.8) is 0 Å². The minimum Gasteiger partial charge on any atom is -0.381 e. The van der Waals surface area contributed by atoms with Gasteiger partial charge in [-0.1, -0.05) is 0 Å². The van der Waals surface area contributed by atoms with Gasteiger partial charge in [0.15, 0.2) is 0 Å². The van der Waals surface area contributed by atoms with Crippen LogP contribution in [0.25, 0.3) is 0 Å². The molecule has 0 saturated heterocycles. The monoisotopic (exact) mass is 329 g/mol. The summed E-state index contributed by atoms with van der Waals surface area (Å²) >= 11 is 3.18. The number of rotatable bonds is 7. The SMILES string of the molecule is O=C(NCCCOCC1CC1)c1ccc(F)cc1Br. The molecule has 1 amide bonds. The van der Waals surface area contributed by atoms with Crippen LogP contribution in [0.1, 0.15) is 29.6 Å². The number of hydrogen-bond donors (Lipinski definition) is 1. The molecule has 5 heteroatoms. The van der Waals surface area contributed by atoms with E-state index in [2.05, 4.69) is 21.2 Å². The van der Waals surface area contributed by atoms with Crippen LogP contribution >= 0.6 is 15.9 Å². The van der Waals surface area contributed by atoms with Gasteiger partial charge in [0, 0.05) is 24.2 Å². The van der Waals surface area contributed by atoms with Crippen LogP contribution < -0.4 is 5.32 Å². The van der Waals surface area contributed by atoms with Gasteiger partial charge < -0.3 is 10.1 Å². The van der Waals surface area contributed by atoms with Crippen molar-refractivity contribution in [1.29, 1.82) is 0 Å². The lowest BCUT2D eigenvalue weighted by Crippen LogP contribution is -2.25. The number of halogens is 2. The number of benzene rings is 1. The van der Waals surface area contributed by atoms with E-state index in [1.807, 2.05) is 0 Å². The lowest BCUT2D eigenvalue weighted by molar-refractivity contribution is 0.0936. The zero-order chi connectivity index (χ0) is 13.7. The zero-order valence-corrected chi connectivity index (χ0v) is 12.2. The second-order valence-corrected chi connectivity index (χ2v) is 5.61. The molecule has 104 valence electrons. The van der Waals surface area contributed by atoms with Gasteiger partial charge in [-0.15, -0.1) is 0 Å². The zero-order valence-electron chi connectivity index (χ0n) is 10.6. The number of amides is 1. The van der Waals surface area contributed by atoms with Gasteiger partial charge in [-0.2, -0.15) is 0 Å². The summed E-state index contributed by atoms with van der Waals surface area (Å²) in [5, 5.41) is 2.79. The fourth-order valence-corrected chi connectivity index (χ4v) is 2.21. The highest BCUT2D eigenvalue weighted by atomic mass is 79.9. The van der Waals surface area contributed by atoms with E-state index in [1.165, 1.54) is 31.0 Å². The Morgan fingerprint density at radius 1 is 1.47 bits per heavy atom. The molecule has 1 N–H and O–H groups in total. The lowest BCUT2D eigenvalue weighted by Gasteiger charge is -2.07. The highest BCUT2D eigenvalue weighted by Gasteiger charge is 2.20. The maximum Gasteiger partial charge on any atom is 0.252 e. The molecule has 1 saturated carbocycles. The molecule has 1 aliphatic carbocycles. The average molecular weight is 330 g/mol. The minimum atomic E-state index is -0.364. The topological polar surface area (TPSA) is 38.3 Å². The maximum absolute atomic E-state index is 12.9. The first-order valence-corrected chi connectivity index (χ1v) is 7.27. The van der Waals surface area contributed by atoms with Crippen LogP contribution in [0.15, 0.2) is 22.7 Å². The van der Waals surface area contributed by atoms with Crippen molar-refractivity contribution in [2.24, 2.45) is 5.92 Å². The van der Waals surface area contributed by atoms with E-state index in [-0.39, 0.29) is 11.7 Å². The summed E-state index contributed by atoms with van der Waals surface area (Å²) in [6.07, 6.45) is 3.36. The van der Waals surface area contributed by atoms with E-state index in [4.69, 9.17) is 4.74 Å². The highest BCUT2D eigenvalue weighted by Crippen LogP contribution is 2.28. The molecule has 1 fully saturated rings. The van der Waals surface area contributed by atoms with Gasteiger partial charge >= 0.3 is 0 Å². The second kappa shape index (κ2) is 7.01. The van der Waals surface area contributed by atoms with E-state index in [0.717, 1.165) is 18.9 Å². The van der Waals surface area contributed by atoms with Crippen molar-refractivity contribution in [2.45, 2.75) is 19.3 Å². The number of carbonyl (C=O) groups excluding carboxylic acids is 1. The van der Waals surface area contributed by atoms with Crippen molar-refractivity contribution in [1.82, 2.24) is 5.32 Å². The van der Waals surface area contributed by atoms with Gasteiger partial charge in [0.1, 0.15) is 5.82 Å². The summed E-state index contributed by atoms with van der Waals surface area (Å²) in [5.74, 6) is 0.204. The molecule has 0 unspecified atom stereocenters. The normalized spacial score (nSPS) is 14.4. The molecule has 0 heterocycles. The molecule has 19 heavy (non-hydrogen) atoms. The van der Waals surface area contributed by atoms with Crippen molar-refractivity contribution < 1.29 is 13.9 Å². The predicted molar refractivity (Wildman–Crippen MR) is 74.6 cm³/mol. The fraction of sp³-hybridized carbons (Fsp3) is 0.500. The van der Waals surface area contributed by atoms with Crippen molar-refractivity contribution in [2.75, 3.05) is 19.8 Å². The number of hydrogen-bond acceptors (Lipinski definition) is 2. The van der Waals surface area contributed by atoms with Crippen LogP contribution in [-0.2, 0) is 4.74 Å². The van der Waals surface area contributed by atoms with E-state index in [1.54, 1.807) is 0 Å². The van der Waals surface area contributed by atoms with E-state index >= 15 is 0 Å². The molecule has 0 radical (unpaired) electrons. The Morgan fingerprint density at radius 3 is 2.95 bits per heavy atom. The molecule has 0 spiro atoms. The van der Waals surface area contributed by atoms with Crippen LogP contribution in [0.2, 0.25) is 0 Å². The molecule has 1 aliphatic rings. The molecule has 0 aliphatic heterocycles. The summed E-state index contributed by atoms with van der Waals surface area (Å²) in [7, 11) is 0. The molecule has 1 aromatic rings. The molecule has 0 aromatic heterocycles. The number of carbonyl (C=O) groups is 1. The highest BCUT2D eigenvalue weighted by molar-refractivity contribution is 9.10. The van der Waals surface area contributed by atoms with Crippen molar-refractivity contribution >= 4 is 21.8 Å². The van der Waals surface area contributed by atoms with E-state index in [0.29, 0.717) is 23.2 Å². The van der Waals surface area contributed by atoms with Crippen molar-refractivity contribution in [3.8, 4) is 0 Å². The maximum atomic E-state index is 12.9. The summed E-state index contributed by atoms with van der Waals surface area (Å²) in [6.45, 7) is 2.08. The summed E-state index contributed by atoms with van der Waals surface area (Å²) in [4.78, 5) is 11.8. The standard InChI is InChI=1S/C14H17BrFNO2/c15-13-8-11(16)4-5-12(13)14(18)17-6-1-7-19-9-10-2-3-10/h4-5,8,10H,1-3,6-7,9H2,(H,17,18). The van der Waals surface area contributed by atoms with Gasteiger partial charge in [-0.05, 0) is 59.3 Å². The largest absolute Gasteiger partial charge is 0.381 e. The average Bonchev–Trinajstić information content (AvgIpc) is 3.17. The van der Waals surface area contributed by atoms with Gasteiger partial charge in [0.05, 0.1) is 5.56 Å². The molecular formula is C14H17BrFNO2. The third kappa shape index (κ3) is 4.91. The Balaban J connectivity index is 1.65. The molecule has 0 atom stereocenters. The number of ether oxygens (including phenoxy) is 1. The van der Waals surface area contributed by atoms with Crippen LogP contribution in [0.5, 0.6) is 0 Å². The Kier molecular flexibility index (Phi) is 5.34. The van der Waals surface area contributed by atoms with E-state index < -0.39 is 0 Å². The molecule has 1 aromatic carbocycles. The Hall–Kier alpha value is -0.940. The second-order valence-electron chi connectivity index (χ2n) is 4.75. The van der Waals surface area contributed by atoms with Crippen LogP contribution in [0.3, 0.4) is 0 Å². The Morgan fingerprint density at radius 2 is 2.26 bits per heavy atom.